The molecule has 3 aromatic carbocycles. The maximum absolute atomic E-state index is 12.7. The van der Waals surface area contributed by atoms with E-state index < -0.39 is 14.8 Å². The van der Waals surface area contributed by atoms with Crippen LogP contribution in [0.5, 0.6) is 0 Å². The summed E-state index contributed by atoms with van der Waals surface area (Å²) in [6.45, 7) is 2.03. The number of nitro benzene ring substituents is 1. The maximum atomic E-state index is 12.7. The van der Waals surface area contributed by atoms with Crippen LogP contribution in [0.15, 0.2) is 82.6 Å². The Labute approximate surface area is 168 Å². The summed E-state index contributed by atoms with van der Waals surface area (Å²) in [6, 6.07) is 17.7. The molecule has 29 heavy (non-hydrogen) atoms. The van der Waals surface area contributed by atoms with Crippen LogP contribution in [0.3, 0.4) is 0 Å². The second kappa shape index (κ2) is 8.24. The van der Waals surface area contributed by atoms with Crippen molar-refractivity contribution in [3.05, 3.63) is 94.0 Å². The number of hydrogen-bond acceptors (Lipinski definition) is 5. The zero-order chi connectivity index (χ0) is 21.0. The van der Waals surface area contributed by atoms with Crippen molar-refractivity contribution in [1.29, 1.82) is 0 Å². The number of hydrogen-bond donors (Lipinski definition) is 1. The van der Waals surface area contributed by atoms with Gasteiger partial charge in [0.05, 0.1) is 14.7 Å². The molecule has 0 aliphatic heterocycles. The molecular formula is C21H18N2O5S. The van der Waals surface area contributed by atoms with E-state index in [4.69, 9.17) is 0 Å². The van der Waals surface area contributed by atoms with Crippen molar-refractivity contribution in [3.8, 4) is 0 Å². The molecule has 1 N–H and O–H groups in total. The monoisotopic (exact) mass is 410 g/mol. The minimum Gasteiger partial charge on any atom is -0.322 e. The van der Waals surface area contributed by atoms with Gasteiger partial charge in [0.2, 0.25) is 9.84 Å². The van der Waals surface area contributed by atoms with Gasteiger partial charge in [0.15, 0.2) is 0 Å². The third kappa shape index (κ3) is 4.49. The Hall–Kier alpha value is -3.52. The normalized spacial score (nSPS) is 11.1. The molecule has 8 heteroatoms. The van der Waals surface area contributed by atoms with Crippen LogP contribution in [0.1, 0.15) is 22.8 Å². The number of carbonyl (C=O) groups excluding carboxylic acids is 1. The number of amides is 1. The second-order valence-corrected chi connectivity index (χ2v) is 8.23. The molecular weight excluding hydrogens is 392 g/mol. The van der Waals surface area contributed by atoms with E-state index in [2.05, 4.69) is 5.32 Å². The van der Waals surface area contributed by atoms with Gasteiger partial charge in [0.1, 0.15) is 0 Å². The first-order valence-corrected chi connectivity index (χ1v) is 10.3. The number of nitrogens with zero attached hydrogens (tertiary/aromatic N) is 1. The quantitative estimate of drug-likeness (QED) is 0.483. The van der Waals surface area contributed by atoms with Crippen LogP contribution in [0, 0.1) is 10.1 Å². The van der Waals surface area contributed by atoms with E-state index in [-0.39, 0.29) is 21.4 Å². The summed E-state index contributed by atoms with van der Waals surface area (Å²) in [4.78, 5) is 22.4. The zero-order valence-corrected chi connectivity index (χ0v) is 16.3. The van der Waals surface area contributed by atoms with Crippen molar-refractivity contribution >= 4 is 27.1 Å². The molecule has 7 nitrogen and oxygen atoms in total. The first-order valence-electron chi connectivity index (χ1n) is 8.81. The van der Waals surface area contributed by atoms with Gasteiger partial charge in [-0.1, -0.05) is 19.1 Å². The maximum Gasteiger partial charge on any atom is 0.269 e. The highest BCUT2D eigenvalue weighted by atomic mass is 32.2. The van der Waals surface area contributed by atoms with Crippen molar-refractivity contribution in [2.75, 3.05) is 5.32 Å². The van der Waals surface area contributed by atoms with Crippen LogP contribution in [-0.2, 0) is 16.3 Å². The fourth-order valence-corrected chi connectivity index (χ4v) is 3.96. The van der Waals surface area contributed by atoms with Crippen LogP contribution in [0.2, 0.25) is 0 Å². The molecule has 0 aromatic heterocycles. The lowest BCUT2D eigenvalue weighted by atomic mass is 10.1. The number of carbonyl (C=O) groups is 1. The van der Waals surface area contributed by atoms with Gasteiger partial charge in [0, 0.05) is 23.4 Å². The molecule has 1 amide bonds. The Bertz CT molecular complexity index is 1140. The van der Waals surface area contributed by atoms with E-state index >= 15 is 0 Å². The Morgan fingerprint density at radius 3 is 1.90 bits per heavy atom. The van der Waals surface area contributed by atoms with E-state index in [0.717, 1.165) is 24.1 Å². The fraction of sp³-hybridized carbons (Fsp3) is 0.0952. The van der Waals surface area contributed by atoms with Crippen LogP contribution >= 0.6 is 0 Å². The molecule has 0 aliphatic rings. The van der Waals surface area contributed by atoms with E-state index in [1.165, 1.54) is 36.4 Å². The molecule has 0 saturated heterocycles. The van der Waals surface area contributed by atoms with Crippen LogP contribution in [-0.4, -0.2) is 19.2 Å². The summed E-state index contributed by atoms with van der Waals surface area (Å²) in [7, 11) is -3.82. The predicted octanol–water partition coefficient (Wildman–Crippen LogP) is 4.24. The number of anilines is 1. The summed E-state index contributed by atoms with van der Waals surface area (Å²) in [5.74, 6) is -0.293. The lowest BCUT2D eigenvalue weighted by Crippen LogP contribution is -2.12. The Balaban J connectivity index is 1.76. The average Bonchev–Trinajstić information content (AvgIpc) is 2.74. The molecule has 0 saturated carbocycles. The van der Waals surface area contributed by atoms with E-state index in [9.17, 15) is 23.3 Å². The van der Waals surface area contributed by atoms with Gasteiger partial charge in [-0.2, -0.15) is 0 Å². The number of aryl methyl sites for hydroxylation is 1. The van der Waals surface area contributed by atoms with Gasteiger partial charge < -0.3 is 5.32 Å². The Kier molecular flexibility index (Phi) is 5.74. The van der Waals surface area contributed by atoms with Crippen molar-refractivity contribution < 1.29 is 18.1 Å². The Morgan fingerprint density at radius 2 is 1.41 bits per heavy atom. The molecule has 0 unspecified atom stereocenters. The fourth-order valence-electron chi connectivity index (χ4n) is 2.70. The number of nitro groups is 1. The first-order chi connectivity index (χ1) is 13.8. The van der Waals surface area contributed by atoms with Gasteiger partial charge >= 0.3 is 0 Å². The summed E-state index contributed by atoms with van der Waals surface area (Å²) in [5, 5.41) is 13.4. The van der Waals surface area contributed by atoms with Crippen LogP contribution in [0.4, 0.5) is 11.4 Å². The molecule has 0 heterocycles. The van der Waals surface area contributed by atoms with Crippen LogP contribution < -0.4 is 5.32 Å². The molecule has 3 aromatic rings. The molecule has 0 bridgehead atoms. The highest BCUT2D eigenvalue weighted by Crippen LogP contribution is 2.24. The van der Waals surface area contributed by atoms with Gasteiger partial charge in [-0.25, -0.2) is 8.42 Å². The van der Waals surface area contributed by atoms with Gasteiger partial charge in [-0.3, -0.25) is 14.9 Å². The largest absolute Gasteiger partial charge is 0.322 e. The van der Waals surface area contributed by atoms with E-state index in [0.29, 0.717) is 11.3 Å². The second-order valence-electron chi connectivity index (χ2n) is 6.28. The van der Waals surface area contributed by atoms with Crippen molar-refractivity contribution in [2.45, 2.75) is 23.1 Å². The number of sulfone groups is 1. The van der Waals surface area contributed by atoms with E-state index in [1.807, 2.05) is 19.1 Å². The highest BCUT2D eigenvalue weighted by Gasteiger charge is 2.19. The van der Waals surface area contributed by atoms with Gasteiger partial charge in [0.25, 0.3) is 11.6 Å². The molecule has 148 valence electrons. The first kappa shape index (κ1) is 20.2. The Morgan fingerprint density at radius 1 is 0.897 bits per heavy atom. The van der Waals surface area contributed by atoms with E-state index in [1.54, 1.807) is 12.1 Å². The van der Waals surface area contributed by atoms with Crippen molar-refractivity contribution in [2.24, 2.45) is 0 Å². The number of non-ortho nitro benzene ring substituents is 1. The standard InChI is InChI=1S/C21H18N2O5S/c1-2-15-3-5-16(6-4-15)21(24)22-17-7-11-19(12-8-17)29(27,28)20-13-9-18(10-14-20)23(25)26/h3-14H,2H2,1H3,(H,22,24). The van der Waals surface area contributed by atoms with Crippen molar-refractivity contribution in [1.82, 2.24) is 0 Å². The minimum atomic E-state index is -3.82. The number of benzene rings is 3. The molecule has 0 fully saturated rings. The van der Waals surface area contributed by atoms with Gasteiger partial charge in [-0.05, 0) is 60.5 Å². The summed E-state index contributed by atoms with van der Waals surface area (Å²) in [6.07, 6.45) is 0.882. The lowest BCUT2D eigenvalue weighted by molar-refractivity contribution is -0.384. The van der Waals surface area contributed by atoms with Gasteiger partial charge in [-0.15, -0.1) is 0 Å². The molecule has 0 atom stereocenters. The average molecular weight is 410 g/mol. The third-order valence-electron chi connectivity index (χ3n) is 4.40. The van der Waals surface area contributed by atoms with Crippen molar-refractivity contribution in [3.63, 3.8) is 0 Å². The van der Waals surface area contributed by atoms with Crippen LogP contribution in [0.25, 0.3) is 0 Å². The summed E-state index contributed by atoms with van der Waals surface area (Å²) >= 11 is 0. The topological polar surface area (TPSA) is 106 Å². The number of nitrogens with one attached hydrogen (secondary N) is 1. The zero-order valence-electron chi connectivity index (χ0n) is 15.5. The predicted molar refractivity (Wildman–Crippen MR) is 109 cm³/mol. The molecule has 0 aliphatic carbocycles. The SMILES string of the molecule is CCc1ccc(C(=O)Nc2ccc(S(=O)(=O)c3ccc([N+](=O)[O-])cc3)cc2)cc1. The summed E-state index contributed by atoms with van der Waals surface area (Å²) < 4.78 is 25.3. The molecule has 0 spiro atoms. The highest BCUT2D eigenvalue weighted by molar-refractivity contribution is 7.91. The summed E-state index contributed by atoms with van der Waals surface area (Å²) in [5.41, 5.74) is 1.90. The number of rotatable bonds is 6. The smallest absolute Gasteiger partial charge is 0.269 e. The third-order valence-corrected chi connectivity index (χ3v) is 6.19. The molecule has 3 rings (SSSR count). The molecule has 0 radical (unpaired) electrons. The minimum absolute atomic E-state index is 0.0247. The lowest BCUT2D eigenvalue weighted by Gasteiger charge is -2.08.